The van der Waals surface area contributed by atoms with Crippen LogP contribution in [0.5, 0.6) is 0 Å². The highest BCUT2D eigenvalue weighted by atomic mass is 16.5. The zero-order valence-corrected chi connectivity index (χ0v) is 8.06. The van der Waals surface area contributed by atoms with Gasteiger partial charge in [-0.25, -0.2) is 0 Å². The van der Waals surface area contributed by atoms with Gasteiger partial charge in [0.15, 0.2) is 0 Å². The highest BCUT2D eigenvalue weighted by Gasteiger charge is 2.21. The van der Waals surface area contributed by atoms with Crippen molar-refractivity contribution in [3.8, 4) is 0 Å². The lowest BCUT2D eigenvalue weighted by molar-refractivity contribution is -0.115. The predicted octanol–water partition coefficient (Wildman–Crippen LogP) is 0.803. The number of ether oxygens (including phenoxy) is 1. The molecule has 0 aliphatic carbocycles. The summed E-state index contributed by atoms with van der Waals surface area (Å²) in [5.41, 5.74) is 0.753. The molecule has 0 radical (unpaired) electrons. The Balaban J connectivity index is 1.98. The highest BCUT2D eigenvalue weighted by Crippen LogP contribution is 2.18. The van der Waals surface area contributed by atoms with Gasteiger partial charge in [0.2, 0.25) is 5.91 Å². The SMILES string of the molecule is CCC(=O)Nc1cnn(C2COC2)c1. The summed E-state index contributed by atoms with van der Waals surface area (Å²) in [4.78, 5) is 11.1. The summed E-state index contributed by atoms with van der Waals surface area (Å²) in [6.07, 6.45) is 3.98. The van der Waals surface area contributed by atoms with Gasteiger partial charge >= 0.3 is 0 Å². The Labute approximate surface area is 82.0 Å². The van der Waals surface area contributed by atoms with Crippen LogP contribution in [-0.2, 0) is 9.53 Å². The van der Waals surface area contributed by atoms with Crippen LogP contribution in [0.3, 0.4) is 0 Å². The van der Waals surface area contributed by atoms with Crippen LogP contribution in [0.1, 0.15) is 19.4 Å². The quantitative estimate of drug-likeness (QED) is 0.776. The number of nitrogens with zero attached hydrogens (tertiary/aromatic N) is 2. The Morgan fingerprint density at radius 3 is 3.14 bits per heavy atom. The second-order valence-corrected chi connectivity index (χ2v) is 3.30. The van der Waals surface area contributed by atoms with Gasteiger partial charge in [0.05, 0.1) is 31.1 Å². The van der Waals surface area contributed by atoms with Crippen LogP contribution in [0, 0.1) is 0 Å². The molecule has 5 nitrogen and oxygen atoms in total. The van der Waals surface area contributed by atoms with Crippen LogP contribution in [-0.4, -0.2) is 28.9 Å². The van der Waals surface area contributed by atoms with Crippen molar-refractivity contribution in [3.63, 3.8) is 0 Å². The normalized spacial score (nSPS) is 16.4. The molecule has 1 aliphatic heterocycles. The Hall–Kier alpha value is -1.36. The molecule has 0 bridgehead atoms. The van der Waals surface area contributed by atoms with Crippen molar-refractivity contribution in [2.75, 3.05) is 18.5 Å². The second kappa shape index (κ2) is 3.79. The first-order chi connectivity index (χ1) is 6.79. The van der Waals surface area contributed by atoms with E-state index in [9.17, 15) is 4.79 Å². The molecule has 1 saturated heterocycles. The molecule has 1 aromatic heterocycles. The lowest BCUT2D eigenvalue weighted by Crippen LogP contribution is -2.30. The second-order valence-electron chi connectivity index (χ2n) is 3.30. The molecular weight excluding hydrogens is 182 g/mol. The third-order valence-electron chi connectivity index (χ3n) is 2.20. The summed E-state index contributed by atoms with van der Waals surface area (Å²) in [6, 6.07) is 0.335. The van der Waals surface area contributed by atoms with E-state index in [0.717, 1.165) is 5.69 Å². The smallest absolute Gasteiger partial charge is 0.224 e. The van der Waals surface area contributed by atoms with Gasteiger partial charge in [-0.3, -0.25) is 9.48 Å². The van der Waals surface area contributed by atoms with Crippen LogP contribution >= 0.6 is 0 Å². The molecule has 0 saturated carbocycles. The van der Waals surface area contributed by atoms with Crippen molar-refractivity contribution >= 4 is 11.6 Å². The number of carbonyl (C=O) groups is 1. The zero-order chi connectivity index (χ0) is 9.97. The fraction of sp³-hybridized carbons (Fsp3) is 0.556. The average Bonchev–Trinajstić information content (AvgIpc) is 2.50. The first-order valence-corrected chi connectivity index (χ1v) is 4.71. The number of anilines is 1. The van der Waals surface area contributed by atoms with Crippen molar-refractivity contribution in [3.05, 3.63) is 12.4 Å². The third-order valence-corrected chi connectivity index (χ3v) is 2.20. The van der Waals surface area contributed by atoms with Crippen LogP contribution in [0.2, 0.25) is 0 Å². The third kappa shape index (κ3) is 1.77. The first-order valence-electron chi connectivity index (χ1n) is 4.71. The van der Waals surface area contributed by atoms with E-state index in [2.05, 4.69) is 10.4 Å². The molecule has 1 aliphatic rings. The summed E-state index contributed by atoms with van der Waals surface area (Å²) >= 11 is 0. The monoisotopic (exact) mass is 195 g/mol. The number of hydrogen-bond acceptors (Lipinski definition) is 3. The minimum absolute atomic E-state index is 0.00871. The predicted molar refractivity (Wildman–Crippen MR) is 51.0 cm³/mol. The standard InChI is InChI=1S/C9H13N3O2/c1-2-9(13)11-7-3-10-12(4-7)8-5-14-6-8/h3-4,8H,2,5-6H2,1H3,(H,11,13). The summed E-state index contributed by atoms with van der Waals surface area (Å²) in [7, 11) is 0. The summed E-state index contributed by atoms with van der Waals surface area (Å²) < 4.78 is 6.88. The summed E-state index contributed by atoms with van der Waals surface area (Å²) in [5.74, 6) is 0.00871. The molecule has 0 unspecified atom stereocenters. The number of aromatic nitrogens is 2. The van der Waals surface area contributed by atoms with Crippen LogP contribution < -0.4 is 5.32 Å². The minimum atomic E-state index is 0.00871. The summed E-state index contributed by atoms with van der Waals surface area (Å²) in [6.45, 7) is 3.24. The molecule has 1 amide bonds. The zero-order valence-electron chi connectivity index (χ0n) is 8.06. The number of hydrogen-bond donors (Lipinski definition) is 1. The molecule has 0 spiro atoms. The molecule has 1 fully saturated rings. The maximum atomic E-state index is 11.1. The van der Waals surface area contributed by atoms with Gasteiger partial charge in [0.1, 0.15) is 0 Å². The van der Waals surface area contributed by atoms with E-state index >= 15 is 0 Å². The molecule has 1 N–H and O–H groups in total. The molecule has 2 rings (SSSR count). The number of rotatable bonds is 3. The van der Waals surface area contributed by atoms with E-state index in [1.807, 2.05) is 17.8 Å². The van der Waals surface area contributed by atoms with E-state index < -0.39 is 0 Å². The number of carbonyl (C=O) groups excluding carboxylic acids is 1. The van der Waals surface area contributed by atoms with Crippen molar-refractivity contribution in [1.29, 1.82) is 0 Å². The average molecular weight is 195 g/mol. The Kier molecular flexibility index (Phi) is 2.49. The van der Waals surface area contributed by atoms with Crippen LogP contribution in [0.25, 0.3) is 0 Å². The van der Waals surface area contributed by atoms with Crippen molar-refractivity contribution < 1.29 is 9.53 Å². The number of amides is 1. The Morgan fingerprint density at radius 1 is 1.79 bits per heavy atom. The van der Waals surface area contributed by atoms with Gasteiger partial charge in [-0.05, 0) is 0 Å². The van der Waals surface area contributed by atoms with Crippen molar-refractivity contribution in [2.45, 2.75) is 19.4 Å². The lowest BCUT2D eigenvalue weighted by atomic mass is 10.3. The molecule has 0 aromatic carbocycles. The van der Waals surface area contributed by atoms with E-state index in [-0.39, 0.29) is 5.91 Å². The maximum Gasteiger partial charge on any atom is 0.224 e. The molecule has 5 heteroatoms. The van der Waals surface area contributed by atoms with E-state index in [1.54, 1.807) is 6.20 Å². The van der Waals surface area contributed by atoms with Gasteiger partial charge < -0.3 is 10.1 Å². The van der Waals surface area contributed by atoms with Crippen LogP contribution in [0.4, 0.5) is 5.69 Å². The molecule has 2 heterocycles. The first kappa shape index (κ1) is 9.21. The summed E-state index contributed by atoms with van der Waals surface area (Å²) in [5, 5.41) is 6.90. The van der Waals surface area contributed by atoms with Gasteiger partial charge in [0, 0.05) is 12.6 Å². The van der Waals surface area contributed by atoms with E-state index in [4.69, 9.17) is 4.74 Å². The topological polar surface area (TPSA) is 56.2 Å². The Bertz CT molecular complexity index is 331. The fourth-order valence-corrected chi connectivity index (χ4v) is 1.23. The molecule has 76 valence electrons. The Morgan fingerprint density at radius 2 is 2.57 bits per heavy atom. The molecule has 1 aromatic rings. The van der Waals surface area contributed by atoms with E-state index in [1.165, 1.54) is 0 Å². The van der Waals surface area contributed by atoms with E-state index in [0.29, 0.717) is 25.7 Å². The minimum Gasteiger partial charge on any atom is -0.377 e. The van der Waals surface area contributed by atoms with Crippen LogP contribution in [0.15, 0.2) is 12.4 Å². The molecular formula is C9H13N3O2. The van der Waals surface area contributed by atoms with Gasteiger partial charge in [-0.15, -0.1) is 0 Å². The lowest BCUT2D eigenvalue weighted by Gasteiger charge is -2.25. The molecule has 0 atom stereocenters. The maximum absolute atomic E-state index is 11.1. The van der Waals surface area contributed by atoms with Crippen molar-refractivity contribution in [2.24, 2.45) is 0 Å². The van der Waals surface area contributed by atoms with Gasteiger partial charge in [-0.2, -0.15) is 5.10 Å². The van der Waals surface area contributed by atoms with Gasteiger partial charge in [0.25, 0.3) is 0 Å². The van der Waals surface area contributed by atoms with Gasteiger partial charge in [-0.1, -0.05) is 6.92 Å². The van der Waals surface area contributed by atoms with Crippen molar-refractivity contribution in [1.82, 2.24) is 9.78 Å². The largest absolute Gasteiger partial charge is 0.377 e. The fourth-order valence-electron chi connectivity index (χ4n) is 1.23. The highest BCUT2D eigenvalue weighted by molar-refractivity contribution is 5.90. The number of nitrogens with one attached hydrogen (secondary N) is 1. The molecule has 14 heavy (non-hydrogen) atoms.